The fourth-order valence-corrected chi connectivity index (χ4v) is 4.82. The molecule has 1 saturated carbocycles. The number of fused-ring (bicyclic) bond motifs is 1. The predicted octanol–water partition coefficient (Wildman–Crippen LogP) is 0.312. The highest BCUT2D eigenvalue weighted by molar-refractivity contribution is 7.89. The molecule has 1 aliphatic carbocycles. The van der Waals surface area contributed by atoms with Gasteiger partial charge in [0.2, 0.25) is 0 Å². The van der Waals surface area contributed by atoms with Gasteiger partial charge in [-0.2, -0.15) is 4.31 Å². The van der Waals surface area contributed by atoms with Gasteiger partial charge in [0.1, 0.15) is 0 Å². The molecule has 2 fully saturated rings. The maximum Gasteiger partial charge on any atom is 0.262 e. The standard InChI is InChI=1S/C12H20N4O2S/c1-15-7-11(14-9-15)19(17,18)16-6-10-4-2-3-5-12(10,13)8-16/h7,9-10H,2-6,8,13H2,1H3/t10-,12+/m1/s1. The van der Waals surface area contributed by atoms with Crippen LogP contribution in [0.1, 0.15) is 25.7 Å². The molecule has 2 atom stereocenters. The molecule has 2 heterocycles. The summed E-state index contributed by atoms with van der Waals surface area (Å²) in [5.74, 6) is 0.291. The Labute approximate surface area is 113 Å². The molecule has 0 bridgehead atoms. The summed E-state index contributed by atoms with van der Waals surface area (Å²) in [6.45, 7) is 0.964. The average molecular weight is 284 g/mol. The number of nitrogens with zero attached hydrogens (tertiary/aromatic N) is 3. The van der Waals surface area contributed by atoms with Gasteiger partial charge in [-0.3, -0.25) is 0 Å². The number of sulfonamides is 1. The van der Waals surface area contributed by atoms with Gasteiger partial charge >= 0.3 is 0 Å². The highest BCUT2D eigenvalue weighted by atomic mass is 32.2. The lowest BCUT2D eigenvalue weighted by Gasteiger charge is -2.34. The number of rotatable bonds is 2. The Kier molecular flexibility index (Phi) is 2.95. The lowest BCUT2D eigenvalue weighted by molar-refractivity contribution is 0.247. The van der Waals surface area contributed by atoms with E-state index in [0.717, 1.165) is 25.7 Å². The van der Waals surface area contributed by atoms with Gasteiger partial charge in [0.25, 0.3) is 10.0 Å². The highest BCUT2D eigenvalue weighted by Gasteiger charge is 2.48. The van der Waals surface area contributed by atoms with Crippen LogP contribution >= 0.6 is 0 Å². The molecule has 2 aliphatic rings. The molecular weight excluding hydrogens is 264 g/mol. The Morgan fingerprint density at radius 3 is 2.89 bits per heavy atom. The van der Waals surface area contributed by atoms with Crippen molar-refractivity contribution in [3.63, 3.8) is 0 Å². The highest BCUT2D eigenvalue weighted by Crippen LogP contribution is 2.39. The maximum absolute atomic E-state index is 12.5. The predicted molar refractivity (Wildman–Crippen MR) is 70.8 cm³/mol. The zero-order chi connectivity index (χ0) is 13.7. The van der Waals surface area contributed by atoms with Crippen molar-refractivity contribution in [1.29, 1.82) is 0 Å². The molecule has 1 aliphatic heterocycles. The second kappa shape index (κ2) is 4.29. The zero-order valence-electron chi connectivity index (χ0n) is 11.1. The van der Waals surface area contributed by atoms with E-state index < -0.39 is 10.0 Å². The van der Waals surface area contributed by atoms with Crippen LogP contribution < -0.4 is 5.73 Å². The van der Waals surface area contributed by atoms with Gasteiger partial charge in [0.15, 0.2) is 5.03 Å². The van der Waals surface area contributed by atoms with Gasteiger partial charge in [-0.15, -0.1) is 0 Å². The minimum atomic E-state index is -3.49. The van der Waals surface area contributed by atoms with Gasteiger partial charge < -0.3 is 10.3 Å². The first kappa shape index (κ1) is 13.1. The molecule has 0 unspecified atom stereocenters. The van der Waals surface area contributed by atoms with Crippen molar-refractivity contribution in [2.45, 2.75) is 36.2 Å². The van der Waals surface area contributed by atoms with Crippen molar-refractivity contribution < 1.29 is 8.42 Å². The smallest absolute Gasteiger partial charge is 0.262 e. The Hall–Kier alpha value is -0.920. The molecule has 19 heavy (non-hydrogen) atoms. The largest absolute Gasteiger partial charge is 0.339 e. The molecule has 106 valence electrons. The van der Waals surface area contributed by atoms with Crippen molar-refractivity contribution in [3.8, 4) is 0 Å². The molecule has 2 N–H and O–H groups in total. The van der Waals surface area contributed by atoms with E-state index in [1.54, 1.807) is 17.8 Å². The van der Waals surface area contributed by atoms with Crippen molar-refractivity contribution in [3.05, 3.63) is 12.5 Å². The molecule has 0 spiro atoms. The van der Waals surface area contributed by atoms with Gasteiger partial charge in [-0.1, -0.05) is 12.8 Å². The molecule has 1 aromatic heterocycles. The first-order valence-corrected chi connectivity index (χ1v) is 8.13. The number of imidazole rings is 1. The van der Waals surface area contributed by atoms with Gasteiger partial charge in [-0.05, 0) is 18.8 Å². The third-order valence-electron chi connectivity index (χ3n) is 4.44. The van der Waals surface area contributed by atoms with Gasteiger partial charge in [0, 0.05) is 31.9 Å². The average Bonchev–Trinajstić information content (AvgIpc) is 2.92. The van der Waals surface area contributed by atoms with Crippen LogP contribution in [0, 0.1) is 5.92 Å². The lowest BCUT2D eigenvalue weighted by atomic mass is 9.76. The van der Waals surface area contributed by atoms with Crippen molar-refractivity contribution in [2.24, 2.45) is 18.7 Å². The van der Waals surface area contributed by atoms with E-state index in [4.69, 9.17) is 5.73 Å². The minimum absolute atomic E-state index is 0.122. The van der Waals surface area contributed by atoms with E-state index in [1.807, 2.05) is 0 Å². The lowest BCUT2D eigenvalue weighted by Crippen LogP contribution is -2.49. The fourth-order valence-electron chi connectivity index (χ4n) is 3.29. The van der Waals surface area contributed by atoms with E-state index in [-0.39, 0.29) is 10.6 Å². The number of hydrogen-bond donors (Lipinski definition) is 1. The summed E-state index contributed by atoms with van der Waals surface area (Å²) in [7, 11) is -1.73. The maximum atomic E-state index is 12.5. The van der Waals surface area contributed by atoms with Crippen LogP contribution in [-0.2, 0) is 17.1 Å². The molecular formula is C12H20N4O2S. The van der Waals surface area contributed by atoms with Crippen LogP contribution in [0.15, 0.2) is 17.6 Å². The summed E-state index contributed by atoms with van der Waals surface area (Å²) in [6, 6.07) is 0. The van der Waals surface area contributed by atoms with Crippen LogP contribution in [0.4, 0.5) is 0 Å². The van der Waals surface area contributed by atoms with E-state index >= 15 is 0 Å². The summed E-state index contributed by atoms with van der Waals surface area (Å²) in [5.41, 5.74) is 6.07. The van der Waals surface area contributed by atoms with E-state index in [2.05, 4.69) is 4.98 Å². The van der Waals surface area contributed by atoms with Crippen LogP contribution in [0.2, 0.25) is 0 Å². The van der Waals surface area contributed by atoms with Crippen LogP contribution in [0.25, 0.3) is 0 Å². The molecule has 7 heteroatoms. The summed E-state index contributed by atoms with van der Waals surface area (Å²) in [4.78, 5) is 3.96. The normalized spacial score (nSPS) is 32.4. The summed E-state index contributed by atoms with van der Waals surface area (Å²) < 4.78 is 28.2. The minimum Gasteiger partial charge on any atom is -0.339 e. The number of nitrogens with two attached hydrogens (primary N) is 1. The topological polar surface area (TPSA) is 81.2 Å². The van der Waals surface area contributed by atoms with Gasteiger partial charge in [-0.25, -0.2) is 13.4 Å². The van der Waals surface area contributed by atoms with Crippen LogP contribution in [0.3, 0.4) is 0 Å². The zero-order valence-corrected chi connectivity index (χ0v) is 11.9. The van der Waals surface area contributed by atoms with Gasteiger partial charge in [0.05, 0.1) is 6.33 Å². The second-order valence-corrected chi connectivity index (χ2v) is 7.74. The Balaban J connectivity index is 1.88. The Morgan fingerprint density at radius 1 is 1.47 bits per heavy atom. The molecule has 1 saturated heterocycles. The SMILES string of the molecule is Cn1cnc(S(=O)(=O)N2C[C@H]3CCCC[C@]3(N)C2)c1. The molecule has 0 aromatic carbocycles. The third-order valence-corrected chi connectivity index (χ3v) is 6.14. The van der Waals surface area contributed by atoms with E-state index in [1.165, 1.54) is 10.6 Å². The molecule has 1 aromatic rings. The molecule has 0 amide bonds. The molecule has 3 rings (SSSR count). The van der Waals surface area contributed by atoms with E-state index in [9.17, 15) is 8.42 Å². The quantitative estimate of drug-likeness (QED) is 0.847. The molecule has 6 nitrogen and oxygen atoms in total. The van der Waals surface area contributed by atoms with Crippen LogP contribution in [0.5, 0.6) is 0 Å². The number of hydrogen-bond acceptors (Lipinski definition) is 4. The summed E-state index contributed by atoms with van der Waals surface area (Å²) in [5, 5.41) is 0.122. The Bertz CT molecular complexity index is 582. The summed E-state index contributed by atoms with van der Waals surface area (Å²) in [6.07, 6.45) is 7.26. The number of aryl methyl sites for hydroxylation is 1. The number of aromatic nitrogens is 2. The van der Waals surface area contributed by atoms with Crippen molar-refractivity contribution in [2.75, 3.05) is 13.1 Å². The fraction of sp³-hybridized carbons (Fsp3) is 0.750. The second-order valence-electron chi connectivity index (χ2n) is 5.85. The third kappa shape index (κ3) is 2.09. The first-order valence-electron chi connectivity index (χ1n) is 6.69. The van der Waals surface area contributed by atoms with Crippen molar-refractivity contribution >= 4 is 10.0 Å². The van der Waals surface area contributed by atoms with E-state index in [0.29, 0.717) is 19.0 Å². The molecule has 0 radical (unpaired) electrons. The monoisotopic (exact) mass is 284 g/mol. The first-order chi connectivity index (χ1) is 8.92. The van der Waals surface area contributed by atoms with Crippen molar-refractivity contribution in [1.82, 2.24) is 13.9 Å². The summed E-state index contributed by atoms with van der Waals surface area (Å²) >= 11 is 0. The van der Waals surface area contributed by atoms with Crippen LogP contribution in [-0.4, -0.2) is 40.9 Å². The Morgan fingerprint density at radius 2 is 2.26 bits per heavy atom.